The second kappa shape index (κ2) is 8.26. The van der Waals surface area contributed by atoms with Gasteiger partial charge >= 0.3 is 0 Å². The number of carbonyl (C=O) groups excluding carboxylic acids is 2. The third-order valence-corrected chi connectivity index (χ3v) is 0.394. The molecule has 0 aromatic heterocycles. The molecule has 4 heteroatoms. The van der Waals surface area contributed by atoms with Gasteiger partial charge in [-0.3, -0.25) is 0 Å². The second-order valence-electron chi connectivity index (χ2n) is 1.75. The largest absolute Gasteiger partial charge is 0.386 e. The lowest BCUT2D eigenvalue weighted by Gasteiger charge is -1.79. The van der Waals surface area contributed by atoms with Crippen LogP contribution in [0.3, 0.4) is 0 Å². The van der Waals surface area contributed by atoms with Crippen LogP contribution in [0.1, 0.15) is 13.8 Å². The summed E-state index contributed by atoms with van der Waals surface area (Å²) in [5.41, 5.74) is 0. The maximum atomic E-state index is 9.25. The van der Waals surface area contributed by atoms with Gasteiger partial charge in [0.1, 0.15) is 24.8 Å². The summed E-state index contributed by atoms with van der Waals surface area (Å²) >= 11 is 0. The molecule has 0 saturated heterocycles. The first kappa shape index (κ1) is 12.0. The Morgan fingerprint density at radius 3 is 1.10 bits per heavy atom. The molecule has 0 aromatic rings. The predicted molar refractivity (Wildman–Crippen MR) is 35.5 cm³/mol. The Morgan fingerprint density at radius 1 is 1.00 bits per heavy atom. The molecule has 0 aliphatic heterocycles. The molecular weight excluding hydrogens is 136 g/mol. The minimum Gasteiger partial charge on any atom is -0.386 e. The van der Waals surface area contributed by atoms with E-state index in [0.717, 1.165) is 0 Å². The van der Waals surface area contributed by atoms with Crippen LogP contribution in [-0.4, -0.2) is 35.0 Å². The smallest absolute Gasteiger partial charge is 0.148 e. The summed E-state index contributed by atoms with van der Waals surface area (Å²) in [6, 6.07) is 0. The third kappa shape index (κ3) is 26.8. The van der Waals surface area contributed by atoms with Crippen LogP contribution in [0.4, 0.5) is 0 Å². The SMILES string of the molecule is CC(O)C=O.CC(O)C=O. The van der Waals surface area contributed by atoms with Gasteiger partial charge in [-0.2, -0.15) is 0 Å². The summed E-state index contributed by atoms with van der Waals surface area (Å²) in [6.45, 7) is 2.82. The Balaban J connectivity index is 0. The molecule has 0 fully saturated rings. The Kier molecular flexibility index (Phi) is 9.90. The van der Waals surface area contributed by atoms with Crippen molar-refractivity contribution in [3.05, 3.63) is 0 Å². The molecule has 0 saturated carbocycles. The first-order valence-electron chi connectivity index (χ1n) is 2.81. The number of aliphatic hydroxyl groups is 2. The second-order valence-corrected chi connectivity index (χ2v) is 1.75. The predicted octanol–water partition coefficient (Wildman–Crippen LogP) is -0.868. The molecule has 10 heavy (non-hydrogen) atoms. The molecule has 0 aliphatic rings. The molecule has 0 aromatic carbocycles. The number of hydrogen-bond acceptors (Lipinski definition) is 4. The van der Waals surface area contributed by atoms with Crippen LogP contribution < -0.4 is 0 Å². The van der Waals surface area contributed by atoms with Gasteiger partial charge in [-0.25, -0.2) is 0 Å². The fourth-order valence-electron chi connectivity index (χ4n) is 0. The number of aldehydes is 2. The molecule has 60 valence electrons. The van der Waals surface area contributed by atoms with E-state index in [4.69, 9.17) is 10.2 Å². The van der Waals surface area contributed by atoms with Crippen molar-refractivity contribution in [2.45, 2.75) is 26.1 Å². The highest BCUT2D eigenvalue weighted by Crippen LogP contribution is 1.62. The van der Waals surface area contributed by atoms with Crippen LogP contribution in [-0.2, 0) is 9.59 Å². The summed E-state index contributed by atoms with van der Waals surface area (Å²) in [5, 5.41) is 16.0. The fraction of sp³-hybridized carbons (Fsp3) is 0.667. The summed E-state index contributed by atoms with van der Waals surface area (Å²) in [6.07, 6.45) is -0.648. The van der Waals surface area contributed by atoms with E-state index in [1.807, 2.05) is 0 Å². The molecule has 0 radical (unpaired) electrons. The number of aliphatic hydroxyl groups excluding tert-OH is 2. The van der Waals surface area contributed by atoms with Gasteiger partial charge in [0, 0.05) is 0 Å². The summed E-state index contributed by atoms with van der Waals surface area (Å²) in [5.74, 6) is 0. The van der Waals surface area contributed by atoms with Gasteiger partial charge in [-0.1, -0.05) is 0 Å². The highest BCUT2D eigenvalue weighted by Gasteiger charge is 1.81. The van der Waals surface area contributed by atoms with E-state index in [-0.39, 0.29) is 0 Å². The van der Waals surface area contributed by atoms with Crippen molar-refractivity contribution in [3.8, 4) is 0 Å². The van der Waals surface area contributed by atoms with E-state index in [9.17, 15) is 9.59 Å². The minimum atomic E-state index is -0.796. The highest BCUT2D eigenvalue weighted by molar-refractivity contribution is 5.54. The first-order chi connectivity index (χ1) is 4.54. The van der Waals surface area contributed by atoms with E-state index in [1.165, 1.54) is 13.8 Å². The molecule has 4 nitrogen and oxygen atoms in total. The summed E-state index contributed by atoms with van der Waals surface area (Å²) in [7, 11) is 0. The minimum absolute atomic E-state index is 0.472. The average Bonchev–Trinajstić information content (AvgIpc) is 1.89. The van der Waals surface area contributed by atoms with E-state index in [2.05, 4.69) is 0 Å². The molecule has 0 bridgehead atoms. The lowest BCUT2D eigenvalue weighted by atomic mass is 10.5. The number of carbonyl (C=O) groups is 2. The van der Waals surface area contributed by atoms with Gasteiger partial charge in [0.05, 0.1) is 0 Å². The van der Waals surface area contributed by atoms with Crippen LogP contribution >= 0.6 is 0 Å². The topological polar surface area (TPSA) is 74.6 Å². The normalized spacial score (nSPS) is 14.0. The molecule has 0 rings (SSSR count). The van der Waals surface area contributed by atoms with Crippen molar-refractivity contribution in [2.24, 2.45) is 0 Å². The third-order valence-electron chi connectivity index (χ3n) is 0.394. The van der Waals surface area contributed by atoms with Crippen molar-refractivity contribution in [2.75, 3.05) is 0 Å². The molecule has 2 atom stereocenters. The molecule has 0 heterocycles. The van der Waals surface area contributed by atoms with Gasteiger partial charge in [0.25, 0.3) is 0 Å². The zero-order chi connectivity index (χ0) is 8.57. The van der Waals surface area contributed by atoms with Gasteiger partial charge in [0.15, 0.2) is 0 Å². The Morgan fingerprint density at radius 2 is 1.10 bits per heavy atom. The average molecular weight is 148 g/mol. The fourth-order valence-corrected chi connectivity index (χ4v) is 0. The zero-order valence-electron chi connectivity index (χ0n) is 6.02. The van der Waals surface area contributed by atoms with Crippen LogP contribution in [0, 0.1) is 0 Å². The maximum absolute atomic E-state index is 9.25. The van der Waals surface area contributed by atoms with E-state index in [0.29, 0.717) is 12.6 Å². The van der Waals surface area contributed by atoms with Crippen molar-refractivity contribution in [1.82, 2.24) is 0 Å². The molecule has 0 spiro atoms. The van der Waals surface area contributed by atoms with E-state index in [1.54, 1.807) is 0 Å². The van der Waals surface area contributed by atoms with Crippen LogP contribution in [0.2, 0.25) is 0 Å². The maximum Gasteiger partial charge on any atom is 0.148 e. The van der Waals surface area contributed by atoms with Crippen molar-refractivity contribution in [1.29, 1.82) is 0 Å². The first-order valence-corrected chi connectivity index (χ1v) is 2.81. The van der Waals surface area contributed by atoms with Crippen LogP contribution in [0.25, 0.3) is 0 Å². The molecule has 0 aliphatic carbocycles. The van der Waals surface area contributed by atoms with Gasteiger partial charge < -0.3 is 19.8 Å². The Bertz CT molecular complexity index is 75.7. The zero-order valence-corrected chi connectivity index (χ0v) is 6.02. The van der Waals surface area contributed by atoms with Crippen molar-refractivity contribution < 1.29 is 19.8 Å². The molecule has 2 unspecified atom stereocenters. The standard InChI is InChI=1S/2C3H6O2/c2*1-3(5)2-4/h2*2-3,5H,1H3. The molecule has 2 N–H and O–H groups in total. The Labute approximate surface area is 59.5 Å². The lowest BCUT2D eigenvalue weighted by Crippen LogP contribution is -1.97. The molecular formula is C6H12O4. The number of hydrogen-bond donors (Lipinski definition) is 2. The Hall–Kier alpha value is -0.740. The van der Waals surface area contributed by atoms with E-state index >= 15 is 0 Å². The van der Waals surface area contributed by atoms with Crippen LogP contribution in [0.15, 0.2) is 0 Å². The summed E-state index contributed by atoms with van der Waals surface area (Å²) in [4.78, 5) is 18.5. The van der Waals surface area contributed by atoms with Gasteiger partial charge in [-0.15, -0.1) is 0 Å². The molecule has 0 amide bonds. The van der Waals surface area contributed by atoms with Crippen molar-refractivity contribution >= 4 is 12.6 Å². The lowest BCUT2D eigenvalue weighted by molar-refractivity contribution is -0.114. The number of rotatable bonds is 2. The highest BCUT2D eigenvalue weighted by atomic mass is 16.3. The van der Waals surface area contributed by atoms with Gasteiger partial charge in [0.2, 0.25) is 0 Å². The monoisotopic (exact) mass is 148 g/mol. The summed E-state index contributed by atoms with van der Waals surface area (Å²) < 4.78 is 0. The van der Waals surface area contributed by atoms with Crippen molar-refractivity contribution in [3.63, 3.8) is 0 Å². The van der Waals surface area contributed by atoms with Crippen LogP contribution in [0.5, 0.6) is 0 Å². The van der Waals surface area contributed by atoms with Gasteiger partial charge in [-0.05, 0) is 13.8 Å². The van der Waals surface area contributed by atoms with E-state index < -0.39 is 12.2 Å². The quantitative estimate of drug-likeness (QED) is 0.499.